The largest absolute Gasteiger partial charge is 0.507 e. The Bertz CT molecular complexity index is 923. The van der Waals surface area contributed by atoms with Crippen molar-refractivity contribution in [2.45, 2.75) is 0 Å². The van der Waals surface area contributed by atoms with Gasteiger partial charge in [0.2, 0.25) is 0 Å². The van der Waals surface area contributed by atoms with E-state index < -0.39 is 4.92 Å². The highest BCUT2D eigenvalue weighted by molar-refractivity contribution is 5.96. The molecule has 0 aliphatic heterocycles. The Kier molecular flexibility index (Phi) is 3.55. The van der Waals surface area contributed by atoms with Crippen molar-refractivity contribution in [2.24, 2.45) is 10.2 Å². The van der Waals surface area contributed by atoms with Gasteiger partial charge in [-0.2, -0.15) is 0 Å². The summed E-state index contributed by atoms with van der Waals surface area (Å²) in [6.07, 6.45) is 1.06. The van der Waals surface area contributed by atoms with Crippen molar-refractivity contribution in [2.75, 3.05) is 0 Å². The number of fused-ring (bicyclic) bond motifs is 1. The smallest absolute Gasteiger partial charge is 0.287 e. The van der Waals surface area contributed by atoms with Crippen molar-refractivity contribution < 1.29 is 15.1 Å². The SMILES string of the molecule is O=[N+]([O-])c1ccc(N=Nc2cc(O)c3ccccc3c2O)nc1. The summed E-state index contributed by atoms with van der Waals surface area (Å²) in [5.74, 6) is -0.0179. The Morgan fingerprint density at radius 2 is 1.78 bits per heavy atom. The molecule has 0 atom stereocenters. The van der Waals surface area contributed by atoms with Gasteiger partial charge in [-0.1, -0.05) is 24.3 Å². The van der Waals surface area contributed by atoms with Crippen LogP contribution in [0.15, 0.2) is 58.9 Å². The van der Waals surface area contributed by atoms with Gasteiger partial charge < -0.3 is 10.2 Å². The van der Waals surface area contributed by atoms with Crippen LogP contribution in [0.2, 0.25) is 0 Å². The summed E-state index contributed by atoms with van der Waals surface area (Å²) >= 11 is 0. The van der Waals surface area contributed by atoms with Crippen LogP contribution in [-0.4, -0.2) is 20.1 Å². The van der Waals surface area contributed by atoms with Gasteiger partial charge in [-0.25, -0.2) is 4.98 Å². The van der Waals surface area contributed by atoms with Crippen molar-refractivity contribution in [1.82, 2.24) is 4.98 Å². The van der Waals surface area contributed by atoms with E-state index in [4.69, 9.17) is 0 Å². The van der Waals surface area contributed by atoms with E-state index in [2.05, 4.69) is 15.2 Å². The molecule has 0 unspecified atom stereocenters. The molecule has 114 valence electrons. The molecule has 0 saturated carbocycles. The summed E-state index contributed by atoms with van der Waals surface area (Å²) in [5.41, 5.74) is -0.0866. The second kappa shape index (κ2) is 5.68. The highest BCUT2D eigenvalue weighted by atomic mass is 16.6. The summed E-state index contributed by atoms with van der Waals surface area (Å²) in [5, 5.41) is 39.3. The molecule has 0 spiro atoms. The summed E-state index contributed by atoms with van der Waals surface area (Å²) in [6.45, 7) is 0. The molecule has 0 aliphatic carbocycles. The quantitative estimate of drug-likeness (QED) is 0.328. The molecule has 3 aromatic rings. The maximum Gasteiger partial charge on any atom is 0.287 e. The van der Waals surface area contributed by atoms with Crippen LogP contribution >= 0.6 is 0 Å². The van der Waals surface area contributed by atoms with Crippen LogP contribution in [-0.2, 0) is 0 Å². The predicted molar refractivity (Wildman–Crippen MR) is 82.3 cm³/mol. The first kappa shape index (κ1) is 14.4. The number of azo groups is 1. The van der Waals surface area contributed by atoms with E-state index in [-0.39, 0.29) is 28.7 Å². The standard InChI is InChI=1S/C15H10N4O4/c20-13-7-12(15(21)11-4-2-1-3-10(11)13)17-18-14-6-5-9(8-16-14)19(22)23/h1-8,20-21H. The van der Waals surface area contributed by atoms with Crippen molar-refractivity contribution in [1.29, 1.82) is 0 Å². The summed E-state index contributed by atoms with van der Waals surface area (Å²) in [6, 6.07) is 10.6. The average molecular weight is 310 g/mol. The zero-order chi connectivity index (χ0) is 16.4. The number of aromatic hydroxyl groups is 2. The average Bonchev–Trinajstić information content (AvgIpc) is 2.57. The van der Waals surface area contributed by atoms with Crippen LogP contribution in [0.4, 0.5) is 17.2 Å². The van der Waals surface area contributed by atoms with E-state index in [0.717, 1.165) is 6.20 Å². The van der Waals surface area contributed by atoms with Crippen LogP contribution in [0, 0.1) is 10.1 Å². The molecule has 23 heavy (non-hydrogen) atoms. The summed E-state index contributed by atoms with van der Waals surface area (Å²) < 4.78 is 0. The molecule has 0 aliphatic rings. The van der Waals surface area contributed by atoms with Gasteiger partial charge >= 0.3 is 0 Å². The lowest BCUT2D eigenvalue weighted by atomic mass is 10.1. The number of nitrogens with zero attached hydrogens (tertiary/aromatic N) is 4. The minimum absolute atomic E-state index is 0.0380. The molecule has 2 N–H and O–H groups in total. The topological polar surface area (TPSA) is 121 Å². The Balaban J connectivity index is 1.97. The number of hydrogen-bond acceptors (Lipinski definition) is 7. The van der Waals surface area contributed by atoms with Crippen LogP contribution < -0.4 is 0 Å². The molecule has 0 radical (unpaired) electrons. The lowest BCUT2D eigenvalue weighted by Crippen LogP contribution is -1.87. The monoisotopic (exact) mass is 310 g/mol. The Hall–Kier alpha value is -3.55. The van der Waals surface area contributed by atoms with Gasteiger partial charge in [0.15, 0.2) is 11.6 Å². The van der Waals surface area contributed by atoms with Gasteiger partial charge in [0, 0.05) is 22.9 Å². The number of hydrogen-bond donors (Lipinski definition) is 2. The van der Waals surface area contributed by atoms with Crippen molar-refractivity contribution in [3.8, 4) is 11.5 Å². The fourth-order valence-electron chi connectivity index (χ4n) is 2.05. The minimum atomic E-state index is -0.568. The second-order valence-electron chi connectivity index (χ2n) is 4.64. The lowest BCUT2D eigenvalue weighted by Gasteiger charge is -2.05. The van der Waals surface area contributed by atoms with Crippen molar-refractivity contribution in [3.05, 3.63) is 58.8 Å². The molecule has 3 rings (SSSR count). The fraction of sp³-hybridized carbons (Fsp3) is 0. The van der Waals surface area contributed by atoms with Gasteiger partial charge in [-0.15, -0.1) is 10.2 Å². The maximum absolute atomic E-state index is 10.5. The minimum Gasteiger partial charge on any atom is -0.507 e. The second-order valence-corrected chi connectivity index (χ2v) is 4.64. The van der Waals surface area contributed by atoms with Crippen LogP contribution in [0.3, 0.4) is 0 Å². The third kappa shape index (κ3) is 2.77. The van der Waals surface area contributed by atoms with E-state index in [9.17, 15) is 20.3 Å². The lowest BCUT2D eigenvalue weighted by molar-refractivity contribution is -0.385. The third-order valence-electron chi connectivity index (χ3n) is 3.18. The predicted octanol–water partition coefficient (Wildman–Crippen LogP) is 3.97. The summed E-state index contributed by atoms with van der Waals surface area (Å²) in [7, 11) is 0. The van der Waals surface area contributed by atoms with Crippen LogP contribution in [0.5, 0.6) is 11.5 Å². The fourth-order valence-corrected chi connectivity index (χ4v) is 2.05. The van der Waals surface area contributed by atoms with Crippen molar-refractivity contribution >= 4 is 28.0 Å². The number of phenolic OH excluding ortho intramolecular Hbond substituents is 2. The molecular formula is C15H10N4O4. The molecule has 8 nitrogen and oxygen atoms in total. The van der Waals surface area contributed by atoms with Crippen LogP contribution in [0.1, 0.15) is 0 Å². The molecule has 0 amide bonds. The maximum atomic E-state index is 10.5. The number of benzene rings is 2. The molecule has 1 aromatic heterocycles. The van der Waals surface area contributed by atoms with Crippen LogP contribution in [0.25, 0.3) is 10.8 Å². The highest BCUT2D eigenvalue weighted by Gasteiger charge is 2.10. The molecule has 0 fully saturated rings. The van der Waals surface area contributed by atoms with E-state index >= 15 is 0 Å². The molecule has 0 bridgehead atoms. The van der Waals surface area contributed by atoms with Gasteiger partial charge in [0.05, 0.1) is 4.92 Å². The highest BCUT2D eigenvalue weighted by Crippen LogP contribution is 2.40. The third-order valence-corrected chi connectivity index (χ3v) is 3.18. The zero-order valence-corrected chi connectivity index (χ0v) is 11.6. The first-order valence-corrected chi connectivity index (χ1v) is 6.52. The first-order chi connectivity index (χ1) is 11.1. The first-order valence-electron chi connectivity index (χ1n) is 6.52. The number of aromatic nitrogens is 1. The molecule has 0 saturated heterocycles. The van der Waals surface area contributed by atoms with E-state index in [1.807, 2.05) is 0 Å². The molecular weight excluding hydrogens is 300 g/mol. The van der Waals surface area contributed by atoms with Gasteiger partial charge in [0.25, 0.3) is 5.69 Å². The molecule has 8 heteroatoms. The Morgan fingerprint density at radius 1 is 1.04 bits per heavy atom. The number of nitro groups is 1. The molecule has 2 aromatic carbocycles. The number of rotatable bonds is 3. The van der Waals surface area contributed by atoms with Gasteiger partial charge in [0.1, 0.15) is 17.6 Å². The van der Waals surface area contributed by atoms with Gasteiger partial charge in [-0.05, 0) is 6.07 Å². The molecule has 1 heterocycles. The summed E-state index contributed by atoms with van der Waals surface area (Å²) in [4.78, 5) is 13.8. The number of pyridine rings is 1. The van der Waals surface area contributed by atoms with E-state index in [1.165, 1.54) is 18.2 Å². The van der Waals surface area contributed by atoms with Gasteiger partial charge in [-0.3, -0.25) is 10.1 Å². The van der Waals surface area contributed by atoms with Crippen molar-refractivity contribution in [3.63, 3.8) is 0 Å². The normalized spacial score (nSPS) is 11.1. The zero-order valence-electron chi connectivity index (χ0n) is 11.6. The Labute approximate surface area is 129 Å². The Morgan fingerprint density at radius 3 is 2.43 bits per heavy atom. The van der Waals surface area contributed by atoms with E-state index in [0.29, 0.717) is 10.8 Å². The number of phenols is 2. The van der Waals surface area contributed by atoms with E-state index in [1.54, 1.807) is 24.3 Å².